The molecule has 1 heterocycles. The SMILES string of the molecule is CCC(CC)Nc1ccnn1C. The zero-order valence-electron chi connectivity index (χ0n) is 8.04. The number of nitrogens with zero attached hydrogens (tertiary/aromatic N) is 2. The molecule has 0 bridgehead atoms. The highest BCUT2D eigenvalue weighted by atomic mass is 15.3. The fourth-order valence-corrected chi connectivity index (χ4v) is 1.22. The van der Waals surface area contributed by atoms with Crippen molar-refractivity contribution in [3.63, 3.8) is 0 Å². The van der Waals surface area contributed by atoms with Gasteiger partial charge in [0.15, 0.2) is 0 Å². The number of hydrogen-bond acceptors (Lipinski definition) is 2. The van der Waals surface area contributed by atoms with E-state index in [4.69, 9.17) is 0 Å². The molecule has 1 aromatic heterocycles. The third-order valence-corrected chi connectivity index (χ3v) is 2.16. The van der Waals surface area contributed by atoms with Crippen molar-refractivity contribution in [2.45, 2.75) is 32.7 Å². The second-order valence-corrected chi connectivity index (χ2v) is 3.00. The first-order valence-corrected chi connectivity index (χ1v) is 4.52. The number of aromatic nitrogens is 2. The molecule has 3 heteroatoms. The first kappa shape index (κ1) is 9.10. The molecule has 0 aromatic carbocycles. The quantitative estimate of drug-likeness (QED) is 0.743. The van der Waals surface area contributed by atoms with Crippen molar-refractivity contribution >= 4 is 5.82 Å². The van der Waals surface area contributed by atoms with Gasteiger partial charge in [0.05, 0.1) is 6.20 Å². The van der Waals surface area contributed by atoms with Crippen LogP contribution >= 0.6 is 0 Å². The van der Waals surface area contributed by atoms with Crippen molar-refractivity contribution in [2.24, 2.45) is 7.05 Å². The minimum Gasteiger partial charge on any atom is -0.368 e. The predicted molar refractivity (Wildman–Crippen MR) is 51.2 cm³/mol. The van der Waals surface area contributed by atoms with Gasteiger partial charge in [-0.1, -0.05) is 13.8 Å². The Morgan fingerprint density at radius 1 is 1.50 bits per heavy atom. The Morgan fingerprint density at radius 2 is 2.17 bits per heavy atom. The van der Waals surface area contributed by atoms with Crippen molar-refractivity contribution in [3.05, 3.63) is 12.3 Å². The Kier molecular flexibility index (Phi) is 3.14. The molecule has 0 amide bonds. The zero-order valence-corrected chi connectivity index (χ0v) is 8.04. The molecule has 0 atom stereocenters. The maximum Gasteiger partial charge on any atom is 0.124 e. The van der Waals surface area contributed by atoms with E-state index < -0.39 is 0 Å². The minimum absolute atomic E-state index is 0.570. The summed E-state index contributed by atoms with van der Waals surface area (Å²) in [6.07, 6.45) is 4.12. The van der Waals surface area contributed by atoms with E-state index in [2.05, 4.69) is 24.3 Å². The van der Waals surface area contributed by atoms with E-state index >= 15 is 0 Å². The van der Waals surface area contributed by atoms with Crippen molar-refractivity contribution in [1.29, 1.82) is 0 Å². The zero-order chi connectivity index (χ0) is 8.97. The molecule has 68 valence electrons. The lowest BCUT2D eigenvalue weighted by atomic mass is 10.2. The molecule has 0 saturated heterocycles. The molecule has 0 aliphatic rings. The molecule has 3 nitrogen and oxygen atoms in total. The molecule has 0 aliphatic carbocycles. The van der Waals surface area contributed by atoms with E-state index in [1.54, 1.807) is 0 Å². The monoisotopic (exact) mass is 167 g/mol. The van der Waals surface area contributed by atoms with E-state index in [-0.39, 0.29) is 0 Å². The first-order chi connectivity index (χ1) is 5.77. The molecule has 0 spiro atoms. The van der Waals surface area contributed by atoms with Gasteiger partial charge in [-0.25, -0.2) is 0 Å². The third-order valence-electron chi connectivity index (χ3n) is 2.16. The predicted octanol–water partition coefficient (Wildman–Crippen LogP) is 2.02. The molecule has 1 N–H and O–H groups in total. The number of nitrogens with one attached hydrogen (secondary N) is 1. The summed E-state index contributed by atoms with van der Waals surface area (Å²) < 4.78 is 1.86. The van der Waals surface area contributed by atoms with Crippen LogP contribution in [0.15, 0.2) is 12.3 Å². The Morgan fingerprint density at radius 3 is 2.58 bits per heavy atom. The lowest BCUT2D eigenvalue weighted by Crippen LogP contribution is -2.18. The molecule has 0 saturated carbocycles. The summed E-state index contributed by atoms with van der Waals surface area (Å²) in [5, 5.41) is 7.52. The van der Waals surface area contributed by atoms with Gasteiger partial charge in [-0.2, -0.15) is 5.10 Å². The van der Waals surface area contributed by atoms with Crippen molar-refractivity contribution in [1.82, 2.24) is 9.78 Å². The summed E-state index contributed by atoms with van der Waals surface area (Å²) in [7, 11) is 1.95. The second kappa shape index (κ2) is 4.14. The maximum absolute atomic E-state index is 4.09. The van der Waals surface area contributed by atoms with Crippen LogP contribution in [0.2, 0.25) is 0 Å². The highest BCUT2D eigenvalue weighted by molar-refractivity contribution is 5.34. The van der Waals surface area contributed by atoms with E-state index in [0.717, 1.165) is 18.7 Å². The van der Waals surface area contributed by atoms with Gasteiger partial charge in [0.2, 0.25) is 0 Å². The maximum atomic E-state index is 4.09. The Balaban J connectivity index is 2.56. The number of anilines is 1. The summed E-state index contributed by atoms with van der Waals surface area (Å²) in [5.41, 5.74) is 0. The summed E-state index contributed by atoms with van der Waals surface area (Å²) in [6.45, 7) is 4.38. The van der Waals surface area contributed by atoms with Gasteiger partial charge >= 0.3 is 0 Å². The van der Waals surface area contributed by atoms with Crippen LogP contribution in [-0.2, 0) is 7.05 Å². The van der Waals surface area contributed by atoms with Gasteiger partial charge in [0.1, 0.15) is 5.82 Å². The molecule has 12 heavy (non-hydrogen) atoms. The van der Waals surface area contributed by atoms with Gasteiger partial charge in [0, 0.05) is 19.2 Å². The van der Waals surface area contributed by atoms with Crippen LogP contribution in [0.5, 0.6) is 0 Å². The summed E-state index contributed by atoms with van der Waals surface area (Å²) in [6, 6.07) is 2.57. The fourth-order valence-electron chi connectivity index (χ4n) is 1.22. The fraction of sp³-hybridized carbons (Fsp3) is 0.667. The van der Waals surface area contributed by atoms with Crippen LogP contribution in [-0.4, -0.2) is 15.8 Å². The molecular weight excluding hydrogens is 150 g/mol. The number of hydrogen-bond donors (Lipinski definition) is 1. The van der Waals surface area contributed by atoms with Crippen LogP contribution in [0.4, 0.5) is 5.82 Å². The van der Waals surface area contributed by atoms with E-state index in [1.165, 1.54) is 0 Å². The van der Waals surface area contributed by atoms with Crippen LogP contribution in [0.3, 0.4) is 0 Å². The van der Waals surface area contributed by atoms with Crippen molar-refractivity contribution < 1.29 is 0 Å². The number of aryl methyl sites for hydroxylation is 1. The average Bonchev–Trinajstić information content (AvgIpc) is 2.47. The second-order valence-electron chi connectivity index (χ2n) is 3.00. The molecule has 0 radical (unpaired) electrons. The van der Waals surface area contributed by atoms with E-state index in [0.29, 0.717) is 6.04 Å². The molecule has 1 rings (SSSR count). The smallest absolute Gasteiger partial charge is 0.124 e. The molecule has 0 fully saturated rings. The lowest BCUT2D eigenvalue weighted by molar-refractivity contribution is 0.654. The topological polar surface area (TPSA) is 29.9 Å². The standard InChI is InChI=1S/C9H17N3/c1-4-8(5-2)11-9-6-7-10-12(9)3/h6-8,11H,4-5H2,1-3H3. The Hall–Kier alpha value is -0.990. The van der Waals surface area contributed by atoms with Crippen molar-refractivity contribution in [3.8, 4) is 0 Å². The van der Waals surface area contributed by atoms with Crippen LogP contribution in [0.1, 0.15) is 26.7 Å². The molecule has 0 aliphatic heterocycles. The lowest BCUT2D eigenvalue weighted by Gasteiger charge is -2.15. The summed E-state index contributed by atoms with van der Waals surface area (Å²) >= 11 is 0. The molecule has 1 aromatic rings. The first-order valence-electron chi connectivity index (χ1n) is 4.52. The Bertz CT molecular complexity index is 225. The summed E-state index contributed by atoms with van der Waals surface area (Å²) in [4.78, 5) is 0. The Labute approximate surface area is 73.8 Å². The summed E-state index contributed by atoms with van der Waals surface area (Å²) in [5.74, 6) is 1.10. The average molecular weight is 167 g/mol. The normalized spacial score (nSPS) is 10.7. The van der Waals surface area contributed by atoms with Crippen LogP contribution in [0.25, 0.3) is 0 Å². The van der Waals surface area contributed by atoms with Gasteiger partial charge in [-0.3, -0.25) is 4.68 Å². The van der Waals surface area contributed by atoms with Gasteiger partial charge < -0.3 is 5.32 Å². The highest BCUT2D eigenvalue weighted by Crippen LogP contribution is 2.09. The van der Waals surface area contributed by atoms with E-state index in [1.807, 2.05) is 24.0 Å². The van der Waals surface area contributed by atoms with E-state index in [9.17, 15) is 0 Å². The van der Waals surface area contributed by atoms with Gasteiger partial charge in [-0.05, 0) is 12.8 Å². The minimum atomic E-state index is 0.570. The largest absolute Gasteiger partial charge is 0.368 e. The van der Waals surface area contributed by atoms with Crippen molar-refractivity contribution in [2.75, 3.05) is 5.32 Å². The third kappa shape index (κ3) is 2.00. The van der Waals surface area contributed by atoms with Crippen LogP contribution in [0, 0.1) is 0 Å². The highest BCUT2D eigenvalue weighted by Gasteiger charge is 2.04. The van der Waals surface area contributed by atoms with Gasteiger partial charge in [0.25, 0.3) is 0 Å². The van der Waals surface area contributed by atoms with Gasteiger partial charge in [-0.15, -0.1) is 0 Å². The molecular formula is C9H17N3. The van der Waals surface area contributed by atoms with Crippen LogP contribution < -0.4 is 5.32 Å². The number of rotatable bonds is 4. The molecule has 0 unspecified atom stereocenters.